The van der Waals surface area contributed by atoms with Crippen molar-refractivity contribution in [1.82, 2.24) is 0 Å². The van der Waals surface area contributed by atoms with Crippen LogP contribution < -0.4 is 4.90 Å². The Kier molecular flexibility index (Phi) is 4.62. The van der Waals surface area contributed by atoms with Crippen molar-refractivity contribution < 1.29 is 0 Å². The molecule has 1 nitrogen and oxygen atoms in total. The molecule has 4 aromatic rings. The lowest BCUT2D eigenvalue weighted by Crippen LogP contribution is -2.55. The molecule has 0 N–H and O–H groups in total. The second kappa shape index (κ2) is 7.83. The van der Waals surface area contributed by atoms with Crippen molar-refractivity contribution >= 4 is 33.0 Å². The van der Waals surface area contributed by atoms with E-state index >= 15 is 0 Å². The minimum Gasteiger partial charge on any atom is -0.310 e. The van der Waals surface area contributed by atoms with Gasteiger partial charge in [0.15, 0.2) is 0 Å². The van der Waals surface area contributed by atoms with Crippen LogP contribution in [-0.2, 0) is 5.41 Å². The molecule has 4 bridgehead atoms. The maximum Gasteiger partial charge on any atom is 0.0543 e. The van der Waals surface area contributed by atoms with Crippen LogP contribution in [0.15, 0.2) is 102 Å². The van der Waals surface area contributed by atoms with Gasteiger partial charge >= 0.3 is 0 Å². The number of para-hydroxylation sites is 2. The molecule has 0 saturated heterocycles. The van der Waals surface area contributed by atoms with Crippen LogP contribution in [0.4, 0.5) is 17.1 Å². The first-order chi connectivity index (χ1) is 17.7. The van der Waals surface area contributed by atoms with Crippen LogP contribution in [-0.4, -0.2) is 0 Å². The lowest BCUT2D eigenvalue weighted by molar-refractivity contribution is -0.0399. The molecule has 0 unspecified atom stereocenters. The summed E-state index contributed by atoms with van der Waals surface area (Å²) in [6.07, 6.45) is 7.11. The fourth-order valence-electron chi connectivity index (χ4n) is 8.96. The third-order valence-corrected chi connectivity index (χ3v) is 10.4. The van der Waals surface area contributed by atoms with Crippen molar-refractivity contribution in [3.63, 3.8) is 0 Å². The average molecular weight is 533 g/mol. The molecule has 0 radical (unpaired) electrons. The summed E-state index contributed by atoms with van der Waals surface area (Å²) in [4.78, 5) is 2.47. The molecule has 1 spiro atoms. The first-order valence-electron chi connectivity index (χ1n) is 13.6. The molecule has 5 aliphatic rings. The molecule has 36 heavy (non-hydrogen) atoms. The fraction of sp³-hybridized carbons (Fsp3) is 0.294. The molecule has 0 aromatic heterocycles. The van der Waals surface area contributed by atoms with E-state index in [4.69, 9.17) is 0 Å². The van der Waals surface area contributed by atoms with Crippen molar-refractivity contribution in [2.24, 2.45) is 23.7 Å². The Morgan fingerprint density at radius 1 is 0.611 bits per heavy atom. The molecule has 9 rings (SSSR count). The van der Waals surface area contributed by atoms with Gasteiger partial charge in [-0.3, -0.25) is 0 Å². The topological polar surface area (TPSA) is 3.24 Å². The third kappa shape index (κ3) is 2.83. The van der Waals surface area contributed by atoms with Gasteiger partial charge in [0.1, 0.15) is 0 Å². The van der Waals surface area contributed by atoms with Crippen molar-refractivity contribution in [3.8, 4) is 11.1 Å². The predicted octanol–water partition coefficient (Wildman–Crippen LogP) is 9.64. The van der Waals surface area contributed by atoms with E-state index in [0.717, 1.165) is 23.7 Å². The van der Waals surface area contributed by atoms with E-state index in [2.05, 4.69) is 118 Å². The highest BCUT2D eigenvalue weighted by molar-refractivity contribution is 9.10. The highest BCUT2D eigenvalue weighted by Crippen LogP contribution is 2.70. The second-order valence-corrected chi connectivity index (χ2v) is 12.5. The van der Waals surface area contributed by atoms with Gasteiger partial charge in [-0.2, -0.15) is 0 Å². The van der Waals surface area contributed by atoms with Gasteiger partial charge in [-0.05, 0) is 115 Å². The Balaban J connectivity index is 1.42. The number of halogens is 1. The van der Waals surface area contributed by atoms with Gasteiger partial charge in [0, 0.05) is 26.8 Å². The maximum atomic E-state index is 3.87. The lowest BCUT2D eigenvalue weighted by Gasteiger charge is -2.61. The van der Waals surface area contributed by atoms with E-state index in [0.29, 0.717) is 0 Å². The number of anilines is 3. The highest BCUT2D eigenvalue weighted by atomic mass is 79.9. The van der Waals surface area contributed by atoms with E-state index in [1.807, 2.05) is 0 Å². The Hall–Kier alpha value is -2.84. The smallest absolute Gasteiger partial charge is 0.0543 e. The second-order valence-electron chi connectivity index (χ2n) is 11.6. The van der Waals surface area contributed by atoms with E-state index in [-0.39, 0.29) is 5.41 Å². The van der Waals surface area contributed by atoms with Crippen LogP contribution in [0.25, 0.3) is 11.1 Å². The Morgan fingerprint density at radius 3 is 1.83 bits per heavy atom. The van der Waals surface area contributed by atoms with Crippen LogP contribution in [0.1, 0.15) is 43.2 Å². The Morgan fingerprint density at radius 2 is 1.22 bits per heavy atom. The van der Waals surface area contributed by atoms with Gasteiger partial charge in [0.2, 0.25) is 0 Å². The largest absolute Gasteiger partial charge is 0.310 e. The summed E-state index contributed by atoms with van der Waals surface area (Å²) < 4.78 is 1.21. The van der Waals surface area contributed by atoms with Crippen LogP contribution >= 0.6 is 15.9 Å². The van der Waals surface area contributed by atoms with Crippen LogP contribution in [0.5, 0.6) is 0 Å². The summed E-state index contributed by atoms with van der Waals surface area (Å²) in [6, 6.07) is 36.1. The van der Waals surface area contributed by atoms with Crippen molar-refractivity contribution in [1.29, 1.82) is 0 Å². The van der Waals surface area contributed by atoms with E-state index in [1.165, 1.54) is 64.8 Å². The number of benzene rings is 4. The summed E-state index contributed by atoms with van der Waals surface area (Å²) in [5.74, 6) is 3.43. The maximum absolute atomic E-state index is 3.87. The molecule has 0 heterocycles. The zero-order valence-corrected chi connectivity index (χ0v) is 22.0. The quantitative estimate of drug-likeness (QED) is 0.254. The molecule has 5 aliphatic carbocycles. The molecule has 178 valence electrons. The molecule has 0 atom stereocenters. The monoisotopic (exact) mass is 531 g/mol. The number of hydrogen-bond acceptors (Lipinski definition) is 1. The van der Waals surface area contributed by atoms with Crippen LogP contribution in [0.2, 0.25) is 0 Å². The predicted molar refractivity (Wildman–Crippen MR) is 152 cm³/mol. The molecule has 0 amide bonds. The summed E-state index contributed by atoms with van der Waals surface area (Å²) in [6.45, 7) is 0. The molecule has 2 heteroatoms. The molecule has 4 fully saturated rings. The summed E-state index contributed by atoms with van der Waals surface area (Å²) in [5.41, 5.74) is 9.99. The van der Waals surface area contributed by atoms with Gasteiger partial charge < -0.3 is 4.90 Å². The van der Waals surface area contributed by atoms with Gasteiger partial charge in [-0.25, -0.2) is 0 Å². The highest BCUT2D eigenvalue weighted by Gasteiger charge is 2.61. The minimum absolute atomic E-state index is 0.164. The van der Waals surface area contributed by atoms with Crippen molar-refractivity contribution in [2.45, 2.75) is 37.5 Å². The molecular weight excluding hydrogens is 502 g/mol. The number of hydrogen-bond donors (Lipinski definition) is 0. The first kappa shape index (κ1) is 21.3. The minimum atomic E-state index is 0.164. The zero-order chi connectivity index (χ0) is 23.9. The van der Waals surface area contributed by atoms with Crippen molar-refractivity contribution in [3.05, 3.63) is 113 Å². The lowest BCUT2D eigenvalue weighted by atomic mass is 9.43. The number of rotatable bonds is 3. The molecular formula is C34H30BrN. The van der Waals surface area contributed by atoms with Crippen LogP contribution in [0.3, 0.4) is 0 Å². The van der Waals surface area contributed by atoms with Gasteiger partial charge in [-0.1, -0.05) is 70.5 Å². The average Bonchev–Trinajstić information content (AvgIpc) is 3.19. The normalized spacial score (nSPS) is 28.8. The first-order valence-corrected chi connectivity index (χ1v) is 14.4. The van der Waals surface area contributed by atoms with E-state index in [1.54, 1.807) is 11.1 Å². The van der Waals surface area contributed by atoms with Crippen LogP contribution in [0, 0.1) is 23.7 Å². The standard InChI is InChI=1S/C34H30BrN/c35-26-14-15-29-31(21-26)34(24-17-22-16-23(19-24)20-25(34)18-22)30-12-7-13-32(33(29)30)36(27-8-3-1-4-9-27)28-10-5-2-6-11-28/h1-15,21-25H,16-20H2. The summed E-state index contributed by atoms with van der Waals surface area (Å²) >= 11 is 3.87. The van der Waals surface area contributed by atoms with E-state index < -0.39 is 0 Å². The fourth-order valence-corrected chi connectivity index (χ4v) is 9.33. The van der Waals surface area contributed by atoms with Gasteiger partial charge in [-0.15, -0.1) is 0 Å². The number of nitrogens with zero attached hydrogens (tertiary/aromatic N) is 1. The third-order valence-electron chi connectivity index (χ3n) is 9.88. The molecule has 0 aliphatic heterocycles. The molecule has 4 saturated carbocycles. The Labute approximate surface area is 222 Å². The summed E-state index contributed by atoms with van der Waals surface area (Å²) in [7, 11) is 0. The van der Waals surface area contributed by atoms with Gasteiger partial charge in [0.25, 0.3) is 0 Å². The SMILES string of the molecule is Brc1ccc2c(c1)C1(c3cccc(N(c4ccccc4)c4ccccc4)c3-2)C2CC3CC(C2)CC1C3. The van der Waals surface area contributed by atoms with Gasteiger partial charge in [0.05, 0.1) is 5.69 Å². The number of fused-ring (bicyclic) bond motifs is 3. The molecule has 4 aromatic carbocycles. The zero-order valence-electron chi connectivity index (χ0n) is 20.4. The summed E-state index contributed by atoms with van der Waals surface area (Å²) in [5, 5.41) is 0. The Bertz CT molecular complexity index is 1390. The van der Waals surface area contributed by atoms with E-state index in [9.17, 15) is 0 Å². The van der Waals surface area contributed by atoms with Crippen molar-refractivity contribution in [2.75, 3.05) is 4.90 Å².